The van der Waals surface area contributed by atoms with E-state index in [0.29, 0.717) is 0 Å². The van der Waals surface area contributed by atoms with Gasteiger partial charge in [-0.2, -0.15) is 26.3 Å². The second-order valence-electron chi connectivity index (χ2n) is 1.80. The van der Waals surface area contributed by atoms with Gasteiger partial charge in [0.2, 0.25) is 0 Å². The molecule has 6 nitrogen and oxygen atoms in total. The van der Waals surface area contributed by atoms with Crippen LogP contribution in [0.2, 0.25) is 0 Å². The van der Waals surface area contributed by atoms with E-state index in [1.807, 2.05) is 0 Å². The van der Waals surface area contributed by atoms with Crippen LogP contribution >= 0.6 is 0 Å². The van der Waals surface area contributed by atoms with E-state index in [1.54, 1.807) is 0 Å². The largest absolute Gasteiger partial charge is 1.00 e. The zero-order valence-electron chi connectivity index (χ0n) is 8.53. The van der Waals surface area contributed by atoms with Crippen molar-refractivity contribution in [1.29, 1.82) is 0 Å². The number of hydrogen-bond donors (Lipinski definition) is 0. The van der Waals surface area contributed by atoms with Gasteiger partial charge >= 0.3 is 114 Å². The predicted octanol–water partition coefficient (Wildman–Crippen LogP) is -5.89. The quantitative estimate of drug-likeness (QED) is 0.180. The van der Waals surface area contributed by atoms with Gasteiger partial charge in [0.05, 0.1) is 0 Å². The van der Waals surface area contributed by atoms with Gasteiger partial charge in [-0.25, -0.2) is 16.8 Å². The molecule has 0 aromatic heterocycles. The topological polar surface area (TPSA) is 114 Å². The molecule has 18 heavy (non-hydrogen) atoms. The molecule has 0 unspecified atom stereocenters. The molecule has 0 rings (SSSR count). The minimum atomic E-state index is -6.09. The van der Waals surface area contributed by atoms with Crippen LogP contribution in [0.4, 0.5) is 26.3 Å². The van der Waals surface area contributed by atoms with Gasteiger partial charge in [-0.15, -0.1) is 0 Å². The number of alkyl halides is 6. The Morgan fingerprint density at radius 1 is 0.611 bits per heavy atom. The Kier molecular flexibility index (Phi) is 15.4. The molecule has 0 bridgehead atoms. The second kappa shape index (κ2) is 9.64. The Balaban J connectivity index is -0.0000000980. The van der Waals surface area contributed by atoms with Crippen molar-refractivity contribution in [3.63, 3.8) is 0 Å². The summed E-state index contributed by atoms with van der Waals surface area (Å²) < 4.78 is 118. The third-order valence-corrected chi connectivity index (χ3v) is 1.70. The van der Waals surface area contributed by atoms with Gasteiger partial charge in [0.1, 0.15) is 0 Å². The third-order valence-electron chi connectivity index (χ3n) is 0.567. The van der Waals surface area contributed by atoms with Gasteiger partial charge in [-0.3, -0.25) is 0 Å². The summed E-state index contributed by atoms with van der Waals surface area (Å²) in [5.41, 5.74) is -11.3. The number of hydrogen-bond acceptors (Lipinski definition) is 6. The van der Waals surface area contributed by atoms with Crippen molar-refractivity contribution < 1.29 is 155 Å². The van der Waals surface area contributed by atoms with Gasteiger partial charge < -0.3 is 9.11 Å². The van der Waals surface area contributed by atoms with Crippen molar-refractivity contribution in [2.75, 3.05) is 0 Å². The molecule has 0 aliphatic carbocycles. The Morgan fingerprint density at radius 3 is 0.667 bits per heavy atom. The van der Waals surface area contributed by atoms with Crippen molar-refractivity contribution in [3.05, 3.63) is 0 Å². The average molecular weight is 376 g/mol. The molecule has 0 aliphatic heterocycles. The molecule has 16 heteroatoms. The molecule has 0 aromatic rings. The van der Waals surface area contributed by atoms with Crippen molar-refractivity contribution in [2.24, 2.45) is 0 Å². The molecule has 0 heterocycles. The summed E-state index contributed by atoms with van der Waals surface area (Å²) in [6, 6.07) is 0. The van der Waals surface area contributed by atoms with Crippen LogP contribution in [0.3, 0.4) is 0 Å². The minimum absolute atomic E-state index is 0. The first-order valence-corrected chi connectivity index (χ1v) is 5.36. The van der Waals surface area contributed by atoms with E-state index in [0.717, 1.165) is 0 Å². The smallest absolute Gasteiger partial charge is 0.741 e. The molecular formula is C2F6K2O6S2. The molecule has 0 aliphatic rings. The van der Waals surface area contributed by atoms with Gasteiger partial charge in [0.25, 0.3) is 0 Å². The molecule has 0 aromatic carbocycles. The third kappa shape index (κ3) is 13.6. The standard InChI is InChI=1S/2CHF3O3S.2K/c2*2-1(3,4)8(5,6)7;;/h2*(H,5,6,7);;/q;;2*+1/p-2. The molecule has 0 spiro atoms. The number of halogens is 6. The Morgan fingerprint density at radius 2 is 0.667 bits per heavy atom. The van der Waals surface area contributed by atoms with Gasteiger partial charge in [0.15, 0.2) is 20.2 Å². The predicted molar refractivity (Wildman–Crippen MR) is 31.5 cm³/mol. The van der Waals surface area contributed by atoms with Crippen molar-refractivity contribution in [2.45, 2.75) is 11.0 Å². The molecule has 0 atom stereocenters. The van der Waals surface area contributed by atoms with Crippen molar-refractivity contribution in [1.82, 2.24) is 0 Å². The van der Waals surface area contributed by atoms with Crippen LogP contribution in [-0.4, -0.2) is 37.0 Å². The maximum Gasteiger partial charge on any atom is 1.00 e. The fourth-order valence-electron chi connectivity index (χ4n) is 0. The maximum absolute atomic E-state index is 10.7. The summed E-state index contributed by atoms with van der Waals surface area (Å²) in [6.07, 6.45) is 0. The van der Waals surface area contributed by atoms with Crippen LogP contribution in [0.15, 0.2) is 0 Å². The van der Waals surface area contributed by atoms with Gasteiger partial charge in [-0.05, 0) is 0 Å². The van der Waals surface area contributed by atoms with Crippen LogP contribution in [0.5, 0.6) is 0 Å². The van der Waals surface area contributed by atoms with Crippen LogP contribution < -0.4 is 103 Å². The van der Waals surface area contributed by atoms with E-state index in [1.165, 1.54) is 0 Å². The van der Waals surface area contributed by atoms with Crippen LogP contribution in [-0.2, 0) is 20.2 Å². The summed E-state index contributed by atoms with van der Waals surface area (Å²) in [5.74, 6) is 0. The van der Waals surface area contributed by atoms with Crippen LogP contribution in [0.1, 0.15) is 0 Å². The Bertz CT molecular complexity index is 378. The Hall–Kier alpha value is 2.67. The first kappa shape index (κ1) is 28.8. The molecular weight excluding hydrogens is 376 g/mol. The zero-order valence-corrected chi connectivity index (χ0v) is 16.4. The van der Waals surface area contributed by atoms with Gasteiger partial charge in [0, 0.05) is 0 Å². The van der Waals surface area contributed by atoms with E-state index >= 15 is 0 Å². The molecule has 0 fully saturated rings. The van der Waals surface area contributed by atoms with E-state index in [9.17, 15) is 26.3 Å². The first-order chi connectivity index (χ1) is 6.50. The summed E-state index contributed by atoms with van der Waals surface area (Å²) in [4.78, 5) is 0. The van der Waals surface area contributed by atoms with Crippen molar-refractivity contribution in [3.8, 4) is 0 Å². The van der Waals surface area contributed by atoms with Crippen LogP contribution in [0, 0.1) is 0 Å². The monoisotopic (exact) mass is 376 g/mol. The fraction of sp³-hybridized carbons (Fsp3) is 1.00. The summed E-state index contributed by atoms with van der Waals surface area (Å²) in [5, 5.41) is 0. The Labute approximate surface area is 182 Å². The van der Waals surface area contributed by atoms with Crippen molar-refractivity contribution >= 4 is 20.2 Å². The number of rotatable bonds is 0. The molecule has 0 N–H and O–H groups in total. The summed E-state index contributed by atoms with van der Waals surface area (Å²) >= 11 is 0. The second-order valence-corrected chi connectivity index (χ2v) is 4.54. The fourth-order valence-corrected chi connectivity index (χ4v) is 0. The minimum Gasteiger partial charge on any atom is -0.741 e. The van der Waals surface area contributed by atoms with Gasteiger partial charge in [-0.1, -0.05) is 0 Å². The molecule has 100 valence electrons. The zero-order chi connectivity index (χ0) is 14.0. The van der Waals surface area contributed by atoms with Crippen LogP contribution in [0.25, 0.3) is 0 Å². The summed E-state index contributed by atoms with van der Waals surface area (Å²) in [7, 11) is -12.2. The normalized spacial score (nSPS) is 12.4. The van der Waals surface area contributed by atoms with E-state index < -0.39 is 31.3 Å². The molecule has 0 saturated heterocycles. The first-order valence-electron chi connectivity index (χ1n) is 2.54. The maximum atomic E-state index is 10.7. The SMILES string of the molecule is O=S(=O)([O-])C(F)(F)F.O=S(=O)([O-])C(F)(F)F.[K+].[K+]. The molecule has 0 saturated carbocycles. The van der Waals surface area contributed by atoms with E-state index in [-0.39, 0.29) is 103 Å². The summed E-state index contributed by atoms with van der Waals surface area (Å²) in [6.45, 7) is 0. The van der Waals surface area contributed by atoms with E-state index in [4.69, 9.17) is 25.9 Å². The molecule has 0 radical (unpaired) electrons. The molecule has 0 amide bonds. The average Bonchev–Trinajstić information content (AvgIpc) is 1.77. The van der Waals surface area contributed by atoms with E-state index in [2.05, 4.69) is 0 Å².